The Balaban J connectivity index is 2.20. The van der Waals surface area contributed by atoms with E-state index < -0.39 is 0 Å². The van der Waals surface area contributed by atoms with Gasteiger partial charge in [-0.15, -0.1) is 11.3 Å². The average molecular weight is 226 g/mol. The molecular formula is C12H22N2S. The Hall–Kier alpha value is -0.380. The first-order valence-corrected chi connectivity index (χ1v) is 6.44. The molecular weight excluding hydrogens is 204 g/mol. The molecule has 0 amide bonds. The summed E-state index contributed by atoms with van der Waals surface area (Å²) in [4.78, 5) is 3.80. The molecule has 0 radical (unpaired) electrons. The standard InChI is InChI=1S/C12H22N2S/c1-10(2)14(4)11(3)8-13-9-12-6-5-7-15-12/h5-7,10-11,13H,8-9H2,1-4H3. The number of nitrogens with zero attached hydrogens (tertiary/aromatic N) is 1. The lowest BCUT2D eigenvalue weighted by Crippen LogP contribution is -2.41. The summed E-state index contributed by atoms with van der Waals surface area (Å²) in [5, 5.41) is 5.62. The van der Waals surface area contributed by atoms with E-state index in [1.165, 1.54) is 4.88 Å². The molecule has 1 unspecified atom stereocenters. The molecule has 0 bridgehead atoms. The first-order chi connectivity index (χ1) is 7.11. The monoisotopic (exact) mass is 226 g/mol. The molecule has 86 valence electrons. The van der Waals surface area contributed by atoms with E-state index in [-0.39, 0.29) is 0 Å². The molecule has 0 aliphatic heterocycles. The maximum Gasteiger partial charge on any atom is 0.0300 e. The molecule has 0 aromatic carbocycles. The summed E-state index contributed by atoms with van der Waals surface area (Å²) in [7, 11) is 2.18. The highest BCUT2D eigenvalue weighted by molar-refractivity contribution is 7.09. The molecule has 1 N–H and O–H groups in total. The van der Waals surface area contributed by atoms with Crippen LogP contribution in [0.5, 0.6) is 0 Å². The fourth-order valence-electron chi connectivity index (χ4n) is 1.47. The lowest BCUT2D eigenvalue weighted by Gasteiger charge is -2.28. The number of hydrogen-bond donors (Lipinski definition) is 1. The van der Waals surface area contributed by atoms with Gasteiger partial charge in [0.25, 0.3) is 0 Å². The van der Waals surface area contributed by atoms with Gasteiger partial charge in [0.05, 0.1) is 0 Å². The van der Waals surface area contributed by atoms with Crippen LogP contribution < -0.4 is 5.32 Å². The molecule has 0 saturated heterocycles. The number of likely N-dealkylation sites (N-methyl/N-ethyl adjacent to an activating group) is 1. The third kappa shape index (κ3) is 4.33. The number of nitrogens with one attached hydrogen (secondary N) is 1. The first kappa shape index (κ1) is 12.7. The minimum absolute atomic E-state index is 0.588. The third-order valence-corrected chi connectivity index (χ3v) is 3.71. The zero-order chi connectivity index (χ0) is 11.3. The Morgan fingerprint density at radius 2 is 2.13 bits per heavy atom. The van der Waals surface area contributed by atoms with E-state index in [0.29, 0.717) is 12.1 Å². The molecule has 0 aliphatic carbocycles. The summed E-state index contributed by atoms with van der Waals surface area (Å²) in [6.45, 7) is 8.77. The Morgan fingerprint density at radius 1 is 1.40 bits per heavy atom. The second-order valence-corrected chi connectivity index (χ2v) is 5.35. The van der Waals surface area contributed by atoms with Crippen LogP contribution in [-0.2, 0) is 6.54 Å². The van der Waals surface area contributed by atoms with Crippen molar-refractivity contribution in [3.63, 3.8) is 0 Å². The second kappa shape index (κ2) is 6.26. The summed E-state index contributed by atoms with van der Waals surface area (Å²) in [5.41, 5.74) is 0. The van der Waals surface area contributed by atoms with Gasteiger partial charge in [-0.3, -0.25) is 0 Å². The highest BCUT2D eigenvalue weighted by atomic mass is 32.1. The number of hydrogen-bond acceptors (Lipinski definition) is 3. The molecule has 0 saturated carbocycles. The molecule has 2 nitrogen and oxygen atoms in total. The fraction of sp³-hybridized carbons (Fsp3) is 0.667. The van der Waals surface area contributed by atoms with Crippen LogP contribution >= 0.6 is 11.3 Å². The topological polar surface area (TPSA) is 15.3 Å². The van der Waals surface area contributed by atoms with E-state index in [4.69, 9.17) is 0 Å². The molecule has 1 rings (SSSR count). The van der Waals surface area contributed by atoms with Crippen LogP contribution in [0.4, 0.5) is 0 Å². The van der Waals surface area contributed by atoms with Crippen molar-refractivity contribution < 1.29 is 0 Å². The van der Waals surface area contributed by atoms with Gasteiger partial charge in [-0.1, -0.05) is 6.07 Å². The van der Waals surface area contributed by atoms with Gasteiger partial charge in [0.15, 0.2) is 0 Å². The summed E-state index contributed by atoms with van der Waals surface area (Å²) in [6.07, 6.45) is 0. The van der Waals surface area contributed by atoms with E-state index >= 15 is 0 Å². The Labute approximate surface area is 97.3 Å². The largest absolute Gasteiger partial charge is 0.310 e. The van der Waals surface area contributed by atoms with Gasteiger partial charge in [-0.2, -0.15) is 0 Å². The summed E-state index contributed by atoms with van der Waals surface area (Å²) in [6, 6.07) is 5.48. The summed E-state index contributed by atoms with van der Waals surface area (Å²) >= 11 is 1.81. The van der Waals surface area contributed by atoms with Crippen LogP contribution in [0, 0.1) is 0 Å². The molecule has 0 spiro atoms. The van der Waals surface area contributed by atoms with E-state index in [9.17, 15) is 0 Å². The maximum absolute atomic E-state index is 3.49. The Kier molecular flexibility index (Phi) is 5.29. The van der Waals surface area contributed by atoms with Gasteiger partial charge in [-0.05, 0) is 39.3 Å². The zero-order valence-corrected chi connectivity index (χ0v) is 11.0. The van der Waals surface area contributed by atoms with Gasteiger partial charge in [0.1, 0.15) is 0 Å². The molecule has 3 heteroatoms. The number of rotatable bonds is 6. The molecule has 1 aromatic heterocycles. The predicted octanol–water partition coefficient (Wildman–Crippen LogP) is 2.57. The molecule has 0 fully saturated rings. The van der Waals surface area contributed by atoms with Crippen molar-refractivity contribution in [2.24, 2.45) is 0 Å². The van der Waals surface area contributed by atoms with Gasteiger partial charge < -0.3 is 10.2 Å². The quantitative estimate of drug-likeness (QED) is 0.802. The van der Waals surface area contributed by atoms with Crippen molar-refractivity contribution in [2.45, 2.75) is 39.4 Å². The summed E-state index contributed by atoms with van der Waals surface area (Å²) < 4.78 is 0. The second-order valence-electron chi connectivity index (χ2n) is 4.32. The molecule has 1 heterocycles. The Bertz CT molecular complexity index is 257. The fourth-order valence-corrected chi connectivity index (χ4v) is 2.14. The smallest absolute Gasteiger partial charge is 0.0300 e. The van der Waals surface area contributed by atoms with E-state index in [1.54, 1.807) is 0 Å². The minimum atomic E-state index is 0.588. The van der Waals surface area contributed by atoms with E-state index in [1.807, 2.05) is 11.3 Å². The highest BCUT2D eigenvalue weighted by Gasteiger charge is 2.11. The van der Waals surface area contributed by atoms with Gasteiger partial charge >= 0.3 is 0 Å². The van der Waals surface area contributed by atoms with Crippen molar-refractivity contribution in [1.29, 1.82) is 0 Å². The van der Waals surface area contributed by atoms with Gasteiger partial charge in [0.2, 0.25) is 0 Å². The van der Waals surface area contributed by atoms with Crippen molar-refractivity contribution in [2.75, 3.05) is 13.6 Å². The average Bonchev–Trinajstić information content (AvgIpc) is 2.69. The molecule has 15 heavy (non-hydrogen) atoms. The van der Waals surface area contributed by atoms with Crippen LogP contribution in [-0.4, -0.2) is 30.6 Å². The van der Waals surface area contributed by atoms with Crippen molar-refractivity contribution in [3.8, 4) is 0 Å². The minimum Gasteiger partial charge on any atom is -0.310 e. The van der Waals surface area contributed by atoms with Gasteiger partial charge in [-0.25, -0.2) is 0 Å². The SMILES string of the molecule is CC(C)N(C)C(C)CNCc1cccs1. The predicted molar refractivity (Wildman–Crippen MR) is 68.4 cm³/mol. The van der Waals surface area contributed by atoms with Gasteiger partial charge in [0, 0.05) is 30.1 Å². The van der Waals surface area contributed by atoms with E-state index in [0.717, 1.165) is 13.1 Å². The van der Waals surface area contributed by atoms with E-state index in [2.05, 4.69) is 55.5 Å². The lowest BCUT2D eigenvalue weighted by molar-refractivity contribution is 0.204. The number of thiophene rings is 1. The first-order valence-electron chi connectivity index (χ1n) is 5.56. The highest BCUT2D eigenvalue weighted by Crippen LogP contribution is 2.07. The van der Waals surface area contributed by atoms with Crippen molar-refractivity contribution >= 4 is 11.3 Å². The normalized spacial score (nSPS) is 13.7. The molecule has 0 aliphatic rings. The molecule has 1 aromatic rings. The zero-order valence-electron chi connectivity index (χ0n) is 10.2. The molecule has 1 atom stereocenters. The van der Waals surface area contributed by atoms with Crippen LogP contribution in [0.3, 0.4) is 0 Å². The van der Waals surface area contributed by atoms with Crippen LogP contribution in [0.15, 0.2) is 17.5 Å². The van der Waals surface area contributed by atoms with Crippen LogP contribution in [0.1, 0.15) is 25.6 Å². The summed E-state index contributed by atoms with van der Waals surface area (Å²) in [5.74, 6) is 0. The maximum atomic E-state index is 3.49. The van der Waals surface area contributed by atoms with Crippen molar-refractivity contribution in [3.05, 3.63) is 22.4 Å². The van der Waals surface area contributed by atoms with Crippen LogP contribution in [0.2, 0.25) is 0 Å². The van der Waals surface area contributed by atoms with Crippen LogP contribution in [0.25, 0.3) is 0 Å². The Morgan fingerprint density at radius 3 is 2.67 bits per heavy atom. The van der Waals surface area contributed by atoms with Crippen molar-refractivity contribution in [1.82, 2.24) is 10.2 Å². The third-order valence-electron chi connectivity index (χ3n) is 2.83. The lowest BCUT2D eigenvalue weighted by atomic mass is 10.2.